The summed E-state index contributed by atoms with van der Waals surface area (Å²) < 4.78 is 49.6. The van der Waals surface area contributed by atoms with Gasteiger partial charge in [-0.05, 0) is 56.0 Å². The van der Waals surface area contributed by atoms with Crippen LogP contribution >= 0.6 is 0 Å². The van der Waals surface area contributed by atoms with Crippen molar-refractivity contribution in [3.05, 3.63) is 59.9 Å². The molecule has 124 valence electrons. The molecule has 1 N–H and O–H groups in total. The van der Waals surface area contributed by atoms with E-state index in [0.29, 0.717) is 30.8 Å². The number of ether oxygens (including phenoxy) is 1. The van der Waals surface area contributed by atoms with Gasteiger partial charge in [-0.1, -0.05) is 18.2 Å². The number of aryl methyl sites for hydroxylation is 1. The van der Waals surface area contributed by atoms with E-state index in [9.17, 15) is 12.8 Å². The Morgan fingerprint density at radius 1 is 1.13 bits per heavy atom. The number of halogens is 1. The third-order valence-corrected chi connectivity index (χ3v) is 4.77. The minimum Gasteiger partial charge on any atom is -0.457 e. The molecule has 0 saturated carbocycles. The minimum atomic E-state index is -3.97. The molecular formula is C17H19FO4S. The Morgan fingerprint density at radius 2 is 1.78 bits per heavy atom. The second kappa shape index (κ2) is 7.57. The van der Waals surface area contributed by atoms with Gasteiger partial charge in [-0.2, -0.15) is 8.42 Å². The Morgan fingerprint density at radius 3 is 2.43 bits per heavy atom. The standard InChI is InChI=1S/C17H19FO4S/c1-13(23(19,20)21)5-2-6-14-7-3-9-16(11-14)22-17-10-4-8-15(18)12-17/h3-4,7-13H,2,5-6H2,1H3,(H,19,20,21). The fraction of sp³-hybridized carbons (Fsp3) is 0.294. The minimum absolute atomic E-state index is 0.363. The maximum Gasteiger partial charge on any atom is 0.267 e. The summed E-state index contributed by atoms with van der Waals surface area (Å²) in [6, 6.07) is 13.2. The Balaban J connectivity index is 1.95. The third-order valence-electron chi connectivity index (χ3n) is 3.51. The molecule has 0 bridgehead atoms. The second-order valence-corrected chi connectivity index (χ2v) is 7.26. The highest BCUT2D eigenvalue weighted by molar-refractivity contribution is 7.86. The van der Waals surface area contributed by atoms with Crippen LogP contribution in [0.3, 0.4) is 0 Å². The van der Waals surface area contributed by atoms with E-state index < -0.39 is 15.4 Å². The summed E-state index contributed by atoms with van der Waals surface area (Å²) >= 11 is 0. The Kier molecular flexibility index (Phi) is 5.74. The van der Waals surface area contributed by atoms with Crippen LogP contribution in [0.2, 0.25) is 0 Å². The summed E-state index contributed by atoms with van der Waals surface area (Å²) in [5.41, 5.74) is 0.987. The molecule has 0 aromatic heterocycles. The fourth-order valence-electron chi connectivity index (χ4n) is 2.17. The largest absolute Gasteiger partial charge is 0.457 e. The zero-order valence-electron chi connectivity index (χ0n) is 12.8. The van der Waals surface area contributed by atoms with Crippen LogP contribution in [0.4, 0.5) is 4.39 Å². The maximum absolute atomic E-state index is 13.1. The molecule has 0 aliphatic heterocycles. The van der Waals surface area contributed by atoms with Crippen LogP contribution < -0.4 is 4.74 Å². The summed E-state index contributed by atoms with van der Waals surface area (Å²) in [5.74, 6) is 0.649. The molecule has 23 heavy (non-hydrogen) atoms. The van der Waals surface area contributed by atoms with Gasteiger partial charge in [0.15, 0.2) is 0 Å². The van der Waals surface area contributed by atoms with Crippen LogP contribution in [0.15, 0.2) is 48.5 Å². The van der Waals surface area contributed by atoms with Crippen LogP contribution in [0, 0.1) is 5.82 Å². The summed E-state index contributed by atoms with van der Waals surface area (Å²) in [4.78, 5) is 0. The van der Waals surface area contributed by atoms with Crippen molar-refractivity contribution < 1.29 is 22.1 Å². The van der Waals surface area contributed by atoms with Crippen LogP contribution in [0.1, 0.15) is 25.3 Å². The lowest BCUT2D eigenvalue weighted by molar-refractivity contribution is 0.463. The average molecular weight is 338 g/mol. The van der Waals surface area contributed by atoms with Gasteiger partial charge in [0.1, 0.15) is 17.3 Å². The van der Waals surface area contributed by atoms with Gasteiger partial charge in [0.25, 0.3) is 10.1 Å². The molecule has 0 amide bonds. The smallest absolute Gasteiger partial charge is 0.267 e. The lowest BCUT2D eigenvalue weighted by Crippen LogP contribution is -2.16. The molecule has 0 saturated heterocycles. The second-order valence-electron chi connectivity index (χ2n) is 5.42. The molecule has 2 aromatic carbocycles. The summed E-state index contributed by atoms with van der Waals surface area (Å²) in [6.45, 7) is 1.48. The highest BCUT2D eigenvalue weighted by atomic mass is 32.2. The molecule has 0 aliphatic carbocycles. The molecule has 0 radical (unpaired) electrons. The number of hydrogen-bond donors (Lipinski definition) is 1. The van der Waals surface area contributed by atoms with Crippen molar-refractivity contribution in [3.63, 3.8) is 0 Å². The van der Waals surface area contributed by atoms with Crippen LogP contribution in [0.5, 0.6) is 11.5 Å². The predicted octanol–water partition coefficient (Wildman–Crippen LogP) is 4.22. The molecule has 0 heterocycles. The van der Waals surface area contributed by atoms with Gasteiger partial charge in [-0.25, -0.2) is 4.39 Å². The quantitative estimate of drug-likeness (QED) is 0.768. The van der Waals surface area contributed by atoms with Gasteiger partial charge in [0, 0.05) is 6.07 Å². The van der Waals surface area contributed by atoms with E-state index in [2.05, 4.69) is 0 Å². The fourth-order valence-corrected chi connectivity index (χ4v) is 2.64. The Hall–Kier alpha value is -1.92. The molecule has 0 fully saturated rings. The van der Waals surface area contributed by atoms with Crippen molar-refractivity contribution in [1.29, 1.82) is 0 Å². The van der Waals surface area contributed by atoms with Crippen LogP contribution in [-0.4, -0.2) is 18.2 Å². The van der Waals surface area contributed by atoms with E-state index in [0.717, 1.165) is 5.56 Å². The van der Waals surface area contributed by atoms with Crippen LogP contribution in [0.25, 0.3) is 0 Å². The first-order chi connectivity index (χ1) is 10.8. The molecule has 2 rings (SSSR count). The van der Waals surface area contributed by atoms with Gasteiger partial charge in [0.05, 0.1) is 5.25 Å². The maximum atomic E-state index is 13.1. The van der Waals surface area contributed by atoms with Crippen molar-refractivity contribution in [2.75, 3.05) is 0 Å². The summed E-state index contributed by atoms with van der Waals surface area (Å²) in [7, 11) is -3.97. The zero-order chi connectivity index (χ0) is 16.9. The number of rotatable bonds is 7. The number of benzene rings is 2. The Labute approximate surface area is 135 Å². The first-order valence-corrected chi connectivity index (χ1v) is 8.83. The molecule has 6 heteroatoms. The highest BCUT2D eigenvalue weighted by Gasteiger charge is 2.16. The molecule has 0 spiro atoms. The van der Waals surface area contributed by atoms with Gasteiger partial charge >= 0.3 is 0 Å². The van der Waals surface area contributed by atoms with Crippen molar-refractivity contribution in [2.45, 2.75) is 31.4 Å². The lowest BCUT2D eigenvalue weighted by atomic mass is 10.1. The van der Waals surface area contributed by atoms with Crippen molar-refractivity contribution in [3.8, 4) is 11.5 Å². The van der Waals surface area contributed by atoms with E-state index in [-0.39, 0.29) is 5.82 Å². The molecule has 1 unspecified atom stereocenters. The average Bonchev–Trinajstić information content (AvgIpc) is 2.46. The first kappa shape index (κ1) is 17.4. The number of hydrogen-bond acceptors (Lipinski definition) is 3. The first-order valence-electron chi connectivity index (χ1n) is 7.33. The van der Waals surface area contributed by atoms with E-state index in [1.807, 2.05) is 18.2 Å². The molecular weight excluding hydrogens is 319 g/mol. The van der Waals surface area contributed by atoms with Crippen molar-refractivity contribution in [1.82, 2.24) is 0 Å². The van der Waals surface area contributed by atoms with Gasteiger partial charge in [-0.15, -0.1) is 0 Å². The summed E-state index contributed by atoms with van der Waals surface area (Å²) in [5, 5.41) is -0.769. The topological polar surface area (TPSA) is 63.6 Å². The third kappa shape index (κ3) is 5.65. The zero-order valence-corrected chi connectivity index (χ0v) is 13.6. The lowest BCUT2D eigenvalue weighted by Gasteiger charge is -2.09. The SMILES string of the molecule is CC(CCCc1cccc(Oc2cccc(F)c2)c1)S(=O)(=O)O. The van der Waals surface area contributed by atoms with Crippen molar-refractivity contribution in [2.24, 2.45) is 0 Å². The normalized spacial score (nSPS) is 12.8. The van der Waals surface area contributed by atoms with E-state index in [1.165, 1.54) is 19.1 Å². The van der Waals surface area contributed by atoms with Crippen LogP contribution in [-0.2, 0) is 16.5 Å². The molecule has 4 nitrogen and oxygen atoms in total. The summed E-state index contributed by atoms with van der Waals surface area (Å²) in [6.07, 6.45) is 1.68. The van der Waals surface area contributed by atoms with Gasteiger partial charge in [-0.3, -0.25) is 4.55 Å². The molecule has 0 aliphatic rings. The molecule has 1 atom stereocenters. The van der Waals surface area contributed by atoms with E-state index >= 15 is 0 Å². The van der Waals surface area contributed by atoms with Gasteiger partial charge < -0.3 is 4.74 Å². The molecule has 2 aromatic rings. The monoisotopic (exact) mass is 338 g/mol. The van der Waals surface area contributed by atoms with E-state index in [4.69, 9.17) is 9.29 Å². The van der Waals surface area contributed by atoms with Gasteiger partial charge in [0.2, 0.25) is 0 Å². The van der Waals surface area contributed by atoms with Crippen molar-refractivity contribution >= 4 is 10.1 Å². The Bertz CT molecular complexity index is 759. The predicted molar refractivity (Wildman–Crippen MR) is 86.9 cm³/mol. The highest BCUT2D eigenvalue weighted by Crippen LogP contribution is 2.23. The van der Waals surface area contributed by atoms with E-state index in [1.54, 1.807) is 18.2 Å².